The van der Waals surface area contributed by atoms with Crippen LogP contribution >= 0.6 is 0 Å². The van der Waals surface area contributed by atoms with E-state index in [0.717, 1.165) is 33.8 Å². The molecule has 0 bridgehead atoms. The van der Waals surface area contributed by atoms with E-state index in [1.54, 1.807) is 24.3 Å². The van der Waals surface area contributed by atoms with Crippen molar-refractivity contribution in [2.75, 3.05) is 0 Å². The molecule has 2 aromatic rings. The number of aromatic hydroxyl groups is 1. The summed E-state index contributed by atoms with van der Waals surface area (Å²) in [6.45, 7) is 8.11. The summed E-state index contributed by atoms with van der Waals surface area (Å²) in [7, 11) is 0. The van der Waals surface area contributed by atoms with Crippen molar-refractivity contribution in [1.29, 1.82) is 0 Å². The molecule has 1 heterocycles. The third kappa shape index (κ3) is 9.43. The van der Waals surface area contributed by atoms with Gasteiger partial charge in [0.25, 0.3) is 0 Å². The quantitative estimate of drug-likeness (QED) is 0.226. The lowest BCUT2D eigenvalue weighted by atomic mass is 10.0. The highest BCUT2D eigenvalue weighted by Crippen LogP contribution is 2.33. The number of carbonyl (C=O) groups is 5. The second-order valence-electron chi connectivity index (χ2n) is 9.91. The molecule has 5 unspecified atom stereocenters. The first kappa shape index (κ1) is 32.9. The summed E-state index contributed by atoms with van der Waals surface area (Å²) >= 11 is 0. The highest BCUT2D eigenvalue weighted by molar-refractivity contribution is 6.00. The molecule has 0 aromatic heterocycles. The molecular weight excluding hydrogens is 568 g/mol. The van der Waals surface area contributed by atoms with Crippen molar-refractivity contribution in [3.8, 4) is 17.2 Å². The number of hydrogen-bond acceptors (Lipinski definition) is 13. The molecule has 0 aliphatic carbocycles. The Morgan fingerprint density at radius 3 is 1.74 bits per heavy atom. The number of phenolic OH excluding ortho intramolecular Hbond substituents is 1. The van der Waals surface area contributed by atoms with Gasteiger partial charge in [-0.2, -0.15) is 0 Å². The zero-order chi connectivity index (χ0) is 31.8. The van der Waals surface area contributed by atoms with Gasteiger partial charge in [0.2, 0.25) is 24.8 Å². The minimum Gasteiger partial charge on any atom is -0.507 e. The highest BCUT2D eigenvalue weighted by atomic mass is 16.8. The van der Waals surface area contributed by atoms with Crippen LogP contribution in [0.3, 0.4) is 0 Å². The fourth-order valence-electron chi connectivity index (χ4n) is 4.28. The van der Waals surface area contributed by atoms with Crippen molar-refractivity contribution >= 4 is 29.7 Å². The number of ketones is 1. The molecule has 13 heteroatoms. The van der Waals surface area contributed by atoms with Crippen LogP contribution in [0.5, 0.6) is 17.2 Å². The smallest absolute Gasteiger partial charge is 0.305 e. The molecule has 43 heavy (non-hydrogen) atoms. The van der Waals surface area contributed by atoms with Crippen LogP contribution in [0.1, 0.15) is 57.5 Å². The molecule has 0 spiro atoms. The molecule has 3 rings (SSSR count). The van der Waals surface area contributed by atoms with E-state index in [4.69, 9.17) is 33.2 Å². The molecule has 13 nitrogen and oxygen atoms in total. The van der Waals surface area contributed by atoms with Crippen LogP contribution in [0.15, 0.2) is 42.5 Å². The largest absolute Gasteiger partial charge is 0.507 e. The van der Waals surface area contributed by atoms with E-state index in [-0.39, 0.29) is 29.6 Å². The Kier molecular flexibility index (Phi) is 11.1. The number of phenols is 1. The summed E-state index contributed by atoms with van der Waals surface area (Å²) in [6.07, 6.45) is -7.75. The lowest BCUT2D eigenvalue weighted by Crippen LogP contribution is -2.63. The average molecular weight is 603 g/mol. The predicted molar refractivity (Wildman–Crippen MR) is 146 cm³/mol. The molecule has 0 radical (unpaired) electrons. The van der Waals surface area contributed by atoms with Gasteiger partial charge in [-0.3, -0.25) is 28.7 Å². The summed E-state index contributed by atoms with van der Waals surface area (Å²) in [6, 6.07) is 10.8. The number of carbonyl (C=O) groups excluding carboxylic acids is 5. The molecule has 1 aliphatic rings. The van der Waals surface area contributed by atoms with Crippen molar-refractivity contribution in [1.82, 2.24) is 0 Å². The van der Waals surface area contributed by atoms with Crippen LogP contribution in [0.4, 0.5) is 0 Å². The first-order valence-corrected chi connectivity index (χ1v) is 13.4. The van der Waals surface area contributed by atoms with Gasteiger partial charge in [-0.05, 0) is 43.7 Å². The second kappa shape index (κ2) is 14.5. The summed E-state index contributed by atoms with van der Waals surface area (Å²) in [5.74, 6) is -3.46. The molecular formula is C30H34O13. The molecule has 1 fully saturated rings. The number of esters is 4. The zero-order valence-corrected chi connectivity index (χ0v) is 24.6. The van der Waals surface area contributed by atoms with E-state index in [1.807, 2.05) is 13.8 Å². The van der Waals surface area contributed by atoms with Gasteiger partial charge in [0.1, 0.15) is 17.2 Å². The van der Waals surface area contributed by atoms with Crippen LogP contribution in [-0.4, -0.2) is 71.8 Å². The Balaban J connectivity index is 1.86. The Labute approximate surface area is 247 Å². The van der Waals surface area contributed by atoms with Crippen molar-refractivity contribution in [2.24, 2.45) is 0 Å². The van der Waals surface area contributed by atoms with Crippen LogP contribution in [-0.2, 0) is 49.3 Å². The Hall–Kier alpha value is -4.65. The van der Waals surface area contributed by atoms with Crippen molar-refractivity contribution in [3.05, 3.63) is 53.6 Å². The third-order valence-corrected chi connectivity index (χ3v) is 5.82. The predicted octanol–water partition coefficient (Wildman–Crippen LogP) is 3.02. The van der Waals surface area contributed by atoms with Crippen LogP contribution in [0, 0.1) is 0 Å². The van der Waals surface area contributed by atoms with E-state index in [0.29, 0.717) is 11.3 Å². The molecule has 0 amide bonds. The van der Waals surface area contributed by atoms with E-state index in [1.165, 1.54) is 12.1 Å². The number of Topliss-reactive ketones (excluding diaryl/α,β-unsaturated/α-hetero) is 1. The van der Waals surface area contributed by atoms with Gasteiger partial charge < -0.3 is 33.5 Å². The zero-order valence-electron chi connectivity index (χ0n) is 24.6. The third-order valence-electron chi connectivity index (χ3n) is 5.82. The van der Waals surface area contributed by atoms with Gasteiger partial charge >= 0.3 is 23.9 Å². The number of benzene rings is 2. The average Bonchev–Trinajstić information content (AvgIpc) is 2.88. The fourth-order valence-corrected chi connectivity index (χ4v) is 4.28. The Bertz CT molecular complexity index is 1330. The van der Waals surface area contributed by atoms with E-state index in [9.17, 15) is 29.1 Å². The van der Waals surface area contributed by atoms with Gasteiger partial charge in [0.05, 0.1) is 11.7 Å². The van der Waals surface area contributed by atoms with E-state index in [2.05, 4.69) is 0 Å². The summed E-state index contributed by atoms with van der Waals surface area (Å²) in [5.41, 5.74) is 0.720. The van der Waals surface area contributed by atoms with Gasteiger partial charge in [0, 0.05) is 40.2 Å². The van der Waals surface area contributed by atoms with Crippen molar-refractivity contribution < 1.29 is 62.2 Å². The van der Waals surface area contributed by atoms with Gasteiger partial charge in [-0.1, -0.05) is 12.1 Å². The Morgan fingerprint density at radius 1 is 0.721 bits per heavy atom. The Morgan fingerprint density at radius 2 is 1.23 bits per heavy atom. The van der Waals surface area contributed by atoms with Crippen molar-refractivity contribution in [2.45, 2.75) is 85.0 Å². The number of hydrogen-bond donors (Lipinski definition) is 1. The monoisotopic (exact) mass is 602 g/mol. The molecule has 1 saturated heterocycles. The minimum atomic E-state index is -1.63. The molecule has 5 atom stereocenters. The molecule has 1 aliphatic heterocycles. The maximum Gasteiger partial charge on any atom is 0.305 e. The topological polar surface area (TPSA) is 170 Å². The first-order chi connectivity index (χ1) is 20.2. The molecule has 232 valence electrons. The number of ether oxygens (including phenoxy) is 7. The SMILES string of the molecule is CC(=O)OC1OC(Oc2ccc(C(=O)Cc3ccc(OC(C)C)cc3)c(O)c2)C(OC(C)=O)C(OC(C)=O)C1OC(C)=O. The normalized spacial score (nSPS) is 21.3. The maximum atomic E-state index is 12.9. The van der Waals surface area contributed by atoms with Crippen LogP contribution in [0.25, 0.3) is 0 Å². The maximum absolute atomic E-state index is 12.9. The second-order valence-corrected chi connectivity index (χ2v) is 9.91. The van der Waals surface area contributed by atoms with E-state index < -0.39 is 60.5 Å². The molecule has 1 N–H and O–H groups in total. The molecule has 0 saturated carbocycles. The minimum absolute atomic E-state index is 0.00164. The molecule has 2 aromatic carbocycles. The standard InChI is InChI=1S/C30H34O13/c1-15(2)37-21-9-7-20(8-10-21)13-24(35)23-12-11-22(14-25(23)36)42-30-28(40-18(5)33)26(38-16(3)31)27(39-17(4)32)29(43-30)41-19(6)34/h7-12,14-15,26-30,36H,13H2,1-6H3. The van der Waals surface area contributed by atoms with Gasteiger partial charge in [-0.15, -0.1) is 0 Å². The summed E-state index contributed by atoms with van der Waals surface area (Å²) in [5, 5.41) is 10.7. The first-order valence-electron chi connectivity index (χ1n) is 13.4. The van der Waals surface area contributed by atoms with Crippen LogP contribution < -0.4 is 9.47 Å². The highest BCUT2D eigenvalue weighted by Gasteiger charge is 2.54. The fraction of sp³-hybridized carbons (Fsp3) is 0.433. The lowest BCUT2D eigenvalue weighted by Gasteiger charge is -2.43. The lowest BCUT2D eigenvalue weighted by molar-refractivity contribution is -0.328. The summed E-state index contributed by atoms with van der Waals surface area (Å²) in [4.78, 5) is 60.4. The van der Waals surface area contributed by atoms with E-state index >= 15 is 0 Å². The van der Waals surface area contributed by atoms with Crippen molar-refractivity contribution in [3.63, 3.8) is 0 Å². The summed E-state index contributed by atoms with van der Waals surface area (Å²) < 4.78 is 38.1. The van der Waals surface area contributed by atoms with Gasteiger partial charge in [-0.25, -0.2) is 0 Å². The van der Waals surface area contributed by atoms with Crippen LogP contribution in [0.2, 0.25) is 0 Å². The van der Waals surface area contributed by atoms with Gasteiger partial charge in [0.15, 0.2) is 11.9 Å². The number of rotatable bonds is 11.